The summed E-state index contributed by atoms with van der Waals surface area (Å²) < 4.78 is 2.32. The summed E-state index contributed by atoms with van der Waals surface area (Å²) in [5.74, 6) is 0. The molecule has 0 aliphatic carbocycles. The van der Waals surface area contributed by atoms with Crippen LogP contribution >= 0.6 is 11.3 Å². The Hall–Kier alpha value is -2.83. The number of hydrogen-bond donors (Lipinski definition) is 1. The number of aryl methyl sites for hydroxylation is 1. The first-order valence-electron chi connectivity index (χ1n) is 7.40. The standard InChI is InChI=1S/C20H14N2S/c1-12-6-8-13(9-7-12)15-10-18-19(20(22)16(15)11-21)14-4-2-3-5-17(14)23-18/h2-10H,22H2,1H3. The molecule has 0 unspecified atom stereocenters. The van der Waals surface area contributed by atoms with E-state index in [4.69, 9.17) is 5.73 Å². The Labute approximate surface area is 138 Å². The van der Waals surface area contributed by atoms with Crippen LogP contribution in [0.4, 0.5) is 5.69 Å². The zero-order chi connectivity index (χ0) is 16.0. The average Bonchev–Trinajstić information content (AvgIpc) is 2.94. The maximum Gasteiger partial charge on any atom is 0.102 e. The number of fused-ring (bicyclic) bond motifs is 3. The maximum atomic E-state index is 9.66. The van der Waals surface area contributed by atoms with Crippen molar-refractivity contribution in [3.05, 3.63) is 65.7 Å². The Bertz CT molecular complexity index is 1080. The van der Waals surface area contributed by atoms with Gasteiger partial charge in [-0.1, -0.05) is 48.0 Å². The van der Waals surface area contributed by atoms with E-state index < -0.39 is 0 Å². The van der Waals surface area contributed by atoms with Crippen LogP contribution in [-0.4, -0.2) is 0 Å². The molecule has 3 heteroatoms. The molecule has 1 heterocycles. The van der Waals surface area contributed by atoms with Crippen LogP contribution in [0, 0.1) is 18.3 Å². The van der Waals surface area contributed by atoms with E-state index in [1.807, 2.05) is 24.3 Å². The van der Waals surface area contributed by atoms with Gasteiger partial charge in [0.05, 0.1) is 11.3 Å². The number of nitrogens with zero attached hydrogens (tertiary/aromatic N) is 1. The van der Waals surface area contributed by atoms with Crippen LogP contribution in [0.25, 0.3) is 31.3 Å². The molecule has 1 aromatic heterocycles. The lowest BCUT2D eigenvalue weighted by Crippen LogP contribution is -1.94. The first-order valence-corrected chi connectivity index (χ1v) is 8.21. The lowest BCUT2D eigenvalue weighted by Gasteiger charge is -2.09. The zero-order valence-electron chi connectivity index (χ0n) is 12.6. The molecule has 0 saturated heterocycles. The number of benzene rings is 3. The number of thiophene rings is 1. The minimum absolute atomic E-state index is 0.560. The third-order valence-electron chi connectivity index (χ3n) is 4.18. The Morgan fingerprint density at radius 1 is 1.00 bits per heavy atom. The molecule has 4 aromatic rings. The molecule has 23 heavy (non-hydrogen) atoms. The van der Waals surface area contributed by atoms with E-state index in [2.05, 4.69) is 43.3 Å². The van der Waals surface area contributed by atoms with Crippen molar-refractivity contribution in [1.29, 1.82) is 5.26 Å². The fraction of sp³-hybridized carbons (Fsp3) is 0.0500. The van der Waals surface area contributed by atoms with Crippen molar-refractivity contribution in [1.82, 2.24) is 0 Å². The molecule has 0 spiro atoms. The van der Waals surface area contributed by atoms with Crippen molar-refractivity contribution in [2.24, 2.45) is 0 Å². The number of nitrogens with two attached hydrogens (primary N) is 1. The molecule has 0 amide bonds. The second-order valence-electron chi connectivity index (χ2n) is 5.66. The van der Waals surface area contributed by atoms with E-state index in [0.29, 0.717) is 11.3 Å². The van der Waals surface area contributed by atoms with Crippen LogP contribution in [-0.2, 0) is 0 Å². The Morgan fingerprint density at radius 2 is 1.74 bits per heavy atom. The highest BCUT2D eigenvalue weighted by Crippen LogP contribution is 2.42. The monoisotopic (exact) mass is 314 g/mol. The second kappa shape index (κ2) is 5.12. The molecule has 4 rings (SSSR count). The van der Waals surface area contributed by atoms with Gasteiger partial charge < -0.3 is 5.73 Å². The fourth-order valence-electron chi connectivity index (χ4n) is 3.00. The molecule has 0 aliphatic rings. The van der Waals surface area contributed by atoms with Crippen molar-refractivity contribution in [2.75, 3.05) is 5.73 Å². The molecular formula is C20H14N2S. The summed E-state index contributed by atoms with van der Waals surface area (Å²) in [5.41, 5.74) is 10.7. The minimum atomic E-state index is 0.560. The maximum absolute atomic E-state index is 9.66. The largest absolute Gasteiger partial charge is 0.397 e. The zero-order valence-corrected chi connectivity index (χ0v) is 13.4. The van der Waals surface area contributed by atoms with Gasteiger partial charge in [0, 0.05) is 25.7 Å². The number of hydrogen-bond acceptors (Lipinski definition) is 3. The fourth-order valence-corrected chi connectivity index (χ4v) is 4.16. The van der Waals surface area contributed by atoms with Crippen LogP contribution in [0.3, 0.4) is 0 Å². The van der Waals surface area contributed by atoms with Gasteiger partial charge in [-0.2, -0.15) is 5.26 Å². The number of nitrogen functional groups attached to an aromatic ring is 1. The van der Waals surface area contributed by atoms with Crippen molar-refractivity contribution in [3.8, 4) is 17.2 Å². The number of anilines is 1. The van der Waals surface area contributed by atoms with E-state index in [9.17, 15) is 5.26 Å². The normalized spacial score (nSPS) is 11.0. The van der Waals surface area contributed by atoms with E-state index in [-0.39, 0.29) is 0 Å². The average molecular weight is 314 g/mol. The van der Waals surface area contributed by atoms with E-state index in [1.54, 1.807) is 11.3 Å². The molecule has 2 N–H and O–H groups in total. The lowest BCUT2D eigenvalue weighted by atomic mass is 9.95. The first kappa shape index (κ1) is 13.8. The Kier molecular flexibility index (Phi) is 3.07. The van der Waals surface area contributed by atoms with E-state index >= 15 is 0 Å². The van der Waals surface area contributed by atoms with Gasteiger partial charge in [0.2, 0.25) is 0 Å². The number of rotatable bonds is 1. The molecule has 0 bridgehead atoms. The molecule has 2 nitrogen and oxygen atoms in total. The first-order chi connectivity index (χ1) is 11.2. The molecule has 0 saturated carbocycles. The molecule has 0 radical (unpaired) electrons. The quantitative estimate of drug-likeness (QED) is 0.473. The van der Waals surface area contributed by atoms with Gasteiger partial charge in [-0.15, -0.1) is 11.3 Å². The highest BCUT2D eigenvalue weighted by Gasteiger charge is 2.16. The van der Waals surface area contributed by atoms with Crippen LogP contribution in [0.2, 0.25) is 0 Å². The highest BCUT2D eigenvalue weighted by molar-refractivity contribution is 7.26. The SMILES string of the molecule is Cc1ccc(-c2cc3sc4ccccc4c3c(N)c2C#N)cc1. The van der Waals surface area contributed by atoms with Gasteiger partial charge in [0.1, 0.15) is 6.07 Å². The summed E-state index contributed by atoms with van der Waals surface area (Å²) >= 11 is 1.72. The van der Waals surface area contributed by atoms with Gasteiger partial charge >= 0.3 is 0 Å². The van der Waals surface area contributed by atoms with Crippen LogP contribution in [0.15, 0.2) is 54.6 Å². The minimum Gasteiger partial charge on any atom is -0.397 e. The van der Waals surface area contributed by atoms with Crippen molar-refractivity contribution >= 4 is 37.2 Å². The highest BCUT2D eigenvalue weighted by atomic mass is 32.1. The summed E-state index contributed by atoms with van der Waals surface area (Å²) in [6, 6.07) is 20.8. The molecule has 0 fully saturated rings. The summed E-state index contributed by atoms with van der Waals surface area (Å²) in [7, 11) is 0. The molecule has 110 valence electrons. The molecular weight excluding hydrogens is 300 g/mol. The summed E-state index contributed by atoms with van der Waals surface area (Å²) in [5, 5.41) is 11.8. The third kappa shape index (κ3) is 2.08. The molecule has 0 aliphatic heterocycles. The smallest absolute Gasteiger partial charge is 0.102 e. The van der Waals surface area contributed by atoms with Gasteiger partial charge in [0.15, 0.2) is 0 Å². The molecule has 3 aromatic carbocycles. The lowest BCUT2D eigenvalue weighted by molar-refractivity contribution is 1.46. The Balaban J connectivity index is 2.11. The topological polar surface area (TPSA) is 49.8 Å². The van der Waals surface area contributed by atoms with E-state index in [0.717, 1.165) is 26.6 Å². The van der Waals surface area contributed by atoms with Gasteiger partial charge in [-0.3, -0.25) is 0 Å². The van der Waals surface area contributed by atoms with E-state index in [1.165, 1.54) is 10.3 Å². The van der Waals surface area contributed by atoms with Crippen LogP contribution in [0.1, 0.15) is 11.1 Å². The summed E-state index contributed by atoms with van der Waals surface area (Å²) in [6.45, 7) is 2.05. The van der Waals surface area contributed by atoms with Gasteiger partial charge in [-0.25, -0.2) is 0 Å². The predicted molar refractivity (Wildman–Crippen MR) is 98.6 cm³/mol. The van der Waals surface area contributed by atoms with Crippen molar-refractivity contribution in [3.63, 3.8) is 0 Å². The van der Waals surface area contributed by atoms with Gasteiger partial charge in [-0.05, 0) is 24.6 Å². The third-order valence-corrected chi connectivity index (χ3v) is 5.30. The second-order valence-corrected chi connectivity index (χ2v) is 6.75. The number of nitriles is 1. The van der Waals surface area contributed by atoms with Gasteiger partial charge in [0.25, 0.3) is 0 Å². The van der Waals surface area contributed by atoms with Crippen molar-refractivity contribution < 1.29 is 0 Å². The van der Waals surface area contributed by atoms with Crippen LogP contribution < -0.4 is 5.73 Å². The molecule has 0 atom stereocenters. The summed E-state index contributed by atoms with van der Waals surface area (Å²) in [4.78, 5) is 0. The van der Waals surface area contributed by atoms with Crippen molar-refractivity contribution in [2.45, 2.75) is 6.92 Å². The van der Waals surface area contributed by atoms with Crippen LogP contribution in [0.5, 0.6) is 0 Å². The summed E-state index contributed by atoms with van der Waals surface area (Å²) in [6.07, 6.45) is 0. The predicted octanol–water partition coefficient (Wildman–Crippen LogP) is 5.48. The Morgan fingerprint density at radius 3 is 2.48 bits per heavy atom.